The Kier molecular flexibility index (Phi) is 6.76. The fourth-order valence-corrected chi connectivity index (χ4v) is 2.34. The van der Waals surface area contributed by atoms with Crippen molar-refractivity contribution in [2.45, 2.75) is 19.0 Å². The number of allylic oxidation sites excluding steroid dienone is 1. The molecule has 29 heavy (non-hydrogen) atoms. The van der Waals surface area contributed by atoms with Gasteiger partial charge in [-0.3, -0.25) is 14.4 Å². The lowest BCUT2D eigenvalue weighted by Gasteiger charge is -2.08. The van der Waals surface area contributed by atoms with E-state index in [9.17, 15) is 32.7 Å². The fraction of sp³-hybridized carbons (Fsp3) is 0.150. The lowest BCUT2D eigenvalue weighted by molar-refractivity contribution is -0.138. The van der Waals surface area contributed by atoms with Crippen LogP contribution >= 0.6 is 0 Å². The van der Waals surface area contributed by atoms with Crippen LogP contribution in [0, 0.1) is 0 Å². The van der Waals surface area contributed by atoms with Crippen molar-refractivity contribution in [1.82, 2.24) is 0 Å². The van der Waals surface area contributed by atoms with Crippen molar-refractivity contribution < 1.29 is 37.8 Å². The number of rotatable bonds is 7. The van der Waals surface area contributed by atoms with Crippen LogP contribution < -0.4 is 5.32 Å². The predicted octanol–water partition coefficient (Wildman–Crippen LogP) is 4.11. The maximum atomic E-state index is 12.7. The molecule has 6 nitrogen and oxygen atoms in total. The van der Waals surface area contributed by atoms with Crippen molar-refractivity contribution in [1.29, 1.82) is 0 Å². The number of alkyl halides is 3. The number of amides is 1. The number of anilines is 1. The van der Waals surface area contributed by atoms with Crippen LogP contribution in [0.3, 0.4) is 0 Å². The van der Waals surface area contributed by atoms with E-state index in [4.69, 9.17) is 5.11 Å². The van der Waals surface area contributed by atoms with Gasteiger partial charge in [0.15, 0.2) is 5.78 Å². The van der Waals surface area contributed by atoms with Crippen LogP contribution in [-0.4, -0.2) is 27.9 Å². The quantitative estimate of drug-likeness (QED) is 0.364. The van der Waals surface area contributed by atoms with Gasteiger partial charge in [0, 0.05) is 12.1 Å². The first-order valence-electron chi connectivity index (χ1n) is 8.30. The Labute approximate surface area is 163 Å². The Balaban J connectivity index is 2.15. The third kappa shape index (κ3) is 6.49. The molecule has 0 spiro atoms. The Bertz CT molecular complexity index is 967. The topological polar surface area (TPSA) is 104 Å². The Morgan fingerprint density at radius 2 is 1.76 bits per heavy atom. The van der Waals surface area contributed by atoms with E-state index < -0.39 is 29.4 Å². The smallest absolute Gasteiger partial charge is 0.416 e. The maximum absolute atomic E-state index is 12.7. The van der Waals surface area contributed by atoms with Crippen molar-refractivity contribution in [2.75, 3.05) is 5.32 Å². The molecule has 2 aromatic rings. The highest BCUT2D eigenvalue weighted by molar-refractivity contribution is 6.09. The lowest BCUT2D eigenvalue weighted by atomic mass is 10.1. The van der Waals surface area contributed by atoms with Crippen LogP contribution in [-0.2, 0) is 15.8 Å². The van der Waals surface area contributed by atoms with Crippen LogP contribution in [0.1, 0.15) is 34.3 Å². The van der Waals surface area contributed by atoms with Crippen molar-refractivity contribution in [3.63, 3.8) is 0 Å². The van der Waals surface area contributed by atoms with Crippen LogP contribution in [0.2, 0.25) is 0 Å². The van der Waals surface area contributed by atoms with E-state index in [0.29, 0.717) is 0 Å². The first kappa shape index (κ1) is 21.7. The minimum Gasteiger partial charge on any atom is -0.507 e. The molecule has 0 aliphatic heterocycles. The number of halogens is 3. The number of nitrogens with one attached hydrogen (secondary N) is 1. The second-order valence-corrected chi connectivity index (χ2v) is 5.99. The van der Waals surface area contributed by atoms with Gasteiger partial charge in [0.05, 0.1) is 17.5 Å². The van der Waals surface area contributed by atoms with E-state index in [1.165, 1.54) is 30.3 Å². The summed E-state index contributed by atoms with van der Waals surface area (Å²) in [6.07, 6.45) is -2.97. The predicted molar refractivity (Wildman–Crippen MR) is 98.4 cm³/mol. The molecule has 0 bridgehead atoms. The van der Waals surface area contributed by atoms with Crippen molar-refractivity contribution in [3.05, 3.63) is 65.2 Å². The van der Waals surface area contributed by atoms with Crippen LogP contribution in [0.5, 0.6) is 5.75 Å². The molecule has 0 fully saturated rings. The van der Waals surface area contributed by atoms with Crippen LogP contribution in [0.25, 0.3) is 6.08 Å². The first-order valence-corrected chi connectivity index (χ1v) is 8.30. The van der Waals surface area contributed by atoms with Gasteiger partial charge in [-0.25, -0.2) is 0 Å². The van der Waals surface area contributed by atoms with Gasteiger partial charge in [-0.2, -0.15) is 13.2 Å². The van der Waals surface area contributed by atoms with E-state index in [1.54, 1.807) is 0 Å². The minimum absolute atomic E-state index is 0.144. The summed E-state index contributed by atoms with van der Waals surface area (Å²) in [5.74, 6) is -2.80. The molecule has 1 amide bonds. The monoisotopic (exact) mass is 407 g/mol. The van der Waals surface area contributed by atoms with Crippen molar-refractivity contribution in [2.24, 2.45) is 0 Å². The zero-order chi connectivity index (χ0) is 21.6. The number of benzene rings is 2. The summed E-state index contributed by atoms with van der Waals surface area (Å²) >= 11 is 0. The molecular formula is C20H16F3NO5. The molecule has 2 aromatic carbocycles. The van der Waals surface area contributed by atoms with Gasteiger partial charge in [0.25, 0.3) is 0 Å². The molecule has 0 saturated heterocycles. The van der Waals surface area contributed by atoms with Crippen LogP contribution in [0.4, 0.5) is 18.9 Å². The molecule has 0 aliphatic carbocycles. The molecule has 0 atom stereocenters. The zero-order valence-corrected chi connectivity index (χ0v) is 14.9. The van der Waals surface area contributed by atoms with E-state index in [0.717, 1.165) is 24.3 Å². The van der Waals surface area contributed by atoms with Crippen LogP contribution in [0.15, 0.2) is 48.5 Å². The summed E-state index contributed by atoms with van der Waals surface area (Å²) in [5, 5.41) is 20.8. The maximum Gasteiger partial charge on any atom is 0.416 e. The highest BCUT2D eigenvalue weighted by Crippen LogP contribution is 2.30. The molecule has 2 rings (SSSR count). The summed E-state index contributed by atoms with van der Waals surface area (Å²) in [7, 11) is 0. The van der Waals surface area contributed by atoms with Gasteiger partial charge in [-0.1, -0.05) is 18.2 Å². The second-order valence-electron chi connectivity index (χ2n) is 5.99. The zero-order valence-electron chi connectivity index (χ0n) is 14.9. The number of hydrogen-bond donors (Lipinski definition) is 3. The number of aromatic hydroxyl groups is 1. The van der Waals surface area contributed by atoms with E-state index >= 15 is 0 Å². The summed E-state index contributed by atoms with van der Waals surface area (Å²) in [4.78, 5) is 34.5. The number of carbonyl (C=O) groups excluding carboxylic acids is 2. The molecule has 152 valence electrons. The van der Waals surface area contributed by atoms with Gasteiger partial charge in [0.1, 0.15) is 5.75 Å². The highest BCUT2D eigenvalue weighted by Gasteiger charge is 2.30. The lowest BCUT2D eigenvalue weighted by Crippen LogP contribution is -2.13. The largest absolute Gasteiger partial charge is 0.507 e. The summed E-state index contributed by atoms with van der Waals surface area (Å²) < 4.78 is 38.2. The summed E-state index contributed by atoms with van der Waals surface area (Å²) in [6, 6.07) is 8.05. The van der Waals surface area contributed by atoms with Gasteiger partial charge >= 0.3 is 12.1 Å². The molecule has 0 aromatic heterocycles. The number of phenolic OH excluding ortho intramolecular Hbond substituents is 1. The third-order valence-electron chi connectivity index (χ3n) is 3.75. The molecule has 0 heterocycles. The fourth-order valence-electron chi connectivity index (χ4n) is 2.34. The first-order chi connectivity index (χ1) is 13.6. The van der Waals surface area contributed by atoms with Gasteiger partial charge < -0.3 is 15.5 Å². The van der Waals surface area contributed by atoms with Gasteiger partial charge in [-0.15, -0.1) is 0 Å². The number of ketones is 1. The van der Waals surface area contributed by atoms with Crippen molar-refractivity contribution in [3.8, 4) is 5.75 Å². The molecular weight excluding hydrogens is 391 g/mol. The summed E-state index contributed by atoms with van der Waals surface area (Å²) in [6.45, 7) is 0. The molecule has 0 aliphatic rings. The number of hydrogen-bond acceptors (Lipinski definition) is 4. The number of aliphatic carboxylic acids is 1. The van der Waals surface area contributed by atoms with E-state index in [1.807, 2.05) is 0 Å². The number of carboxylic acid groups (broad SMARTS) is 1. The Hall–Kier alpha value is -3.62. The number of phenols is 1. The molecule has 0 saturated carbocycles. The normalized spacial score (nSPS) is 11.4. The molecule has 9 heteroatoms. The number of carbonyl (C=O) groups is 3. The average molecular weight is 407 g/mol. The Morgan fingerprint density at radius 3 is 2.41 bits per heavy atom. The molecule has 3 N–H and O–H groups in total. The minimum atomic E-state index is -4.51. The van der Waals surface area contributed by atoms with E-state index in [2.05, 4.69) is 5.32 Å². The average Bonchev–Trinajstić information content (AvgIpc) is 2.65. The number of carboxylic acids is 1. The second kappa shape index (κ2) is 9.05. The molecule has 0 radical (unpaired) electrons. The third-order valence-corrected chi connectivity index (χ3v) is 3.75. The Morgan fingerprint density at radius 1 is 1.03 bits per heavy atom. The van der Waals surface area contributed by atoms with Crippen molar-refractivity contribution >= 4 is 29.4 Å². The van der Waals surface area contributed by atoms with Gasteiger partial charge in [0.2, 0.25) is 5.91 Å². The highest BCUT2D eigenvalue weighted by atomic mass is 19.4. The van der Waals surface area contributed by atoms with Gasteiger partial charge in [-0.05, 0) is 42.0 Å². The summed E-state index contributed by atoms with van der Waals surface area (Å²) in [5.41, 5.74) is -0.731. The van der Waals surface area contributed by atoms with E-state index in [-0.39, 0.29) is 35.4 Å². The standard InChI is InChI=1S/C20H16F3NO5/c21-20(22,23)13-3-1-2-12(10-13)4-6-16(25)15-11-14(5-7-17(15)26)24-18(27)8-9-19(28)29/h1-7,10-11,26H,8-9H2,(H,24,27)(H,28,29). The SMILES string of the molecule is O=C(O)CCC(=O)Nc1ccc(O)c(C(=O)C=Cc2cccc(C(F)(F)F)c2)c1. The molecule has 0 unspecified atom stereocenters.